The Morgan fingerprint density at radius 1 is 1.47 bits per heavy atom. The van der Waals surface area contributed by atoms with Gasteiger partial charge in [-0.05, 0) is 30.9 Å². The summed E-state index contributed by atoms with van der Waals surface area (Å²) in [5.41, 5.74) is 1.13. The zero-order valence-electron chi connectivity index (χ0n) is 10.1. The fourth-order valence-corrected chi connectivity index (χ4v) is 3.67. The zero-order valence-corrected chi connectivity index (χ0v) is 12.5. The molecule has 0 atom stereocenters. The number of imidazole rings is 1. The van der Waals surface area contributed by atoms with Gasteiger partial charge in [-0.3, -0.25) is 4.40 Å². The van der Waals surface area contributed by atoms with Crippen molar-refractivity contribution < 1.29 is 0 Å². The summed E-state index contributed by atoms with van der Waals surface area (Å²) >= 11 is 9.27. The Kier molecular flexibility index (Phi) is 3.74. The lowest BCUT2D eigenvalue weighted by Crippen LogP contribution is -2.08. The number of halogens is 1. The van der Waals surface area contributed by atoms with Crippen LogP contribution in [0.3, 0.4) is 0 Å². The number of nitrogens with one attached hydrogen (secondary N) is 1. The first-order valence-corrected chi connectivity index (χ1v) is 7.74. The summed E-state index contributed by atoms with van der Waals surface area (Å²) in [5, 5.41) is 7.58. The molecule has 0 aliphatic heterocycles. The first-order chi connectivity index (χ1) is 9.29. The highest BCUT2D eigenvalue weighted by Gasteiger charge is 2.15. The monoisotopic (exact) mass is 310 g/mol. The van der Waals surface area contributed by atoms with E-state index in [2.05, 4.69) is 19.7 Å². The van der Waals surface area contributed by atoms with Gasteiger partial charge in [-0.25, -0.2) is 9.97 Å². The number of fused-ring (bicyclic) bond motifs is 1. The van der Waals surface area contributed by atoms with Crippen LogP contribution in [0.15, 0.2) is 40.0 Å². The number of nitrogens with zero attached hydrogens (tertiary/aromatic N) is 3. The van der Waals surface area contributed by atoms with Crippen LogP contribution >= 0.6 is 34.7 Å². The molecule has 0 amide bonds. The molecule has 19 heavy (non-hydrogen) atoms. The Labute approximate surface area is 123 Å². The van der Waals surface area contributed by atoms with E-state index in [9.17, 15) is 0 Å². The maximum Gasteiger partial charge on any atom is 0.194 e. The number of hydrogen-bond acceptors (Lipinski definition) is 5. The van der Waals surface area contributed by atoms with Crippen LogP contribution in [0.25, 0.3) is 4.96 Å². The van der Waals surface area contributed by atoms with E-state index in [1.807, 2.05) is 30.8 Å². The maximum atomic E-state index is 6.15. The average molecular weight is 311 g/mol. The van der Waals surface area contributed by atoms with Gasteiger partial charge in [0.2, 0.25) is 0 Å². The summed E-state index contributed by atoms with van der Waals surface area (Å²) in [7, 11) is 1.92. The van der Waals surface area contributed by atoms with Crippen molar-refractivity contribution in [1.29, 1.82) is 0 Å². The lowest BCUT2D eigenvalue weighted by atomic mass is 10.5. The second-order valence-electron chi connectivity index (χ2n) is 3.84. The van der Waals surface area contributed by atoms with Crippen LogP contribution in [-0.4, -0.2) is 21.4 Å². The van der Waals surface area contributed by atoms with Crippen molar-refractivity contribution in [3.8, 4) is 0 Å². The second-order valence-corrected chi connectivity index (χ2v) is 6.10. The molecule has 0 aromatic carbocycles. The Morgan fingerprint density at radius 3 is 3.16 bits per heavy atom. The minimum atomic E-state index is 0.652. The summed E-state index contributed by atoms with van der Waals surface area (Å²) in [5.74, 6) is 0. The zero-order chi connectivity index (χ0) is 13.2. The van der Waals surface area contributed by atoms with Crippen molar-refractivity contribution >= 4 is 39.7 Å². The fourth-order valence-electron chi connectivity index (χ4n) is 1.76. The third kappa shape index (κ3) is 2.49. The summed E-state index contributed by atoms with van der Waals surface area (Å²) in [6.07, 6.45) is 3.77. The predicted octanol–water partition coefficient (Wildman–Crippen LogP) is 3.31. The van der Waals surface area contributed by atoms with E-state index in [-0.39, 0.29) is 0 Å². The Morgan fingerprint density at radius 2 is 2.37 bits per heavy atom. The molecule has 3 rings (SSSR count). The van der Waals surface area contributed by atoms with Crippen LogP contribution in [-0.2, 0) is 6.54 Å². The van der Waals surface area contributed by atoms with Crippen LogP contribution in [0.4, 0.5) is 0 Å². The van der Waals surface area contributed by atoms with Gasteiger partial charge in [-0.2, -0.15) is 0 Å². The highest BCUT2D eigenvalue weighted by Crippen LogP contribution is 2.34. The van der Waals surface area contributed by atoms with Crippen molar-refractivity contribution in [2.45, 2.75) is 16.6 Å². The Bertz CT molecular complexity index is 707. The molecule has 3 heterocycles. The molecule has 0 radical (unpaired) electrons. The molecule has 0 unspecified atom stereocenters. The lowest BCUT2D eigenvalue weighted by molar-refractivity contribution is 0.765. The molecule has 98 valence electrons. The molecule has 3 aromatic rings. The fraction of sp³-hybridized carbons (Fsp3) is 0.167. The van der Waals surface area contributed by atoms with E-state index in [0.29, 0.717) is 5.02 Å². The maximum absolute atomic E-state index is 6.15. The van der Waals surface area contributed by atoms with E-state index in [1.54, 1.807) is 17.5 Å². The van der Waals surface area contributed by atoms with Gasteiger partial charge in [0, 0.05) is 24.3 Å². The van der Waals surface area contributed by atoms with Crippen LogP contribution in [0, 0.1) is 0 Å². The molecule has 0 spiro atoms. The van der Waals surface area contributed by atoms with E-state index in [1.165, 1.54) is 11.8 Å². The first kappa shape index (κ1) is 12.9. The number of aromatic nitrogens is 3. The highest BCUT2D eigenvalue weighted by atomic mass is 35.5. The van der Waals surface area contributed by atoms with Crippen LogP contribution in [0.1, 0.15) is 5.69 Å². The van der Waals surface area contributed by atoms with Crippen molar-refractivity contribution in [2.24, 2.45) is 0 Å². The molecule has 0 saturated heterocycles. The number of pyridine rings is 1. The standard InChI is InChI=1S/C12H11ClN4S2/c1-14-7-9-11(16-12-17(9)5-6-18-12)19-10-8(13)3-2-4-15-10/h2-6,14H,7H2,1H3. The summed E-state index contributed by atoms with van der Waals surface area (Å²) in [6, 6.07) is 3.67. The lowest BCUT2D eigenvalue weighted by Gasteiger charge is -2.03. The first-order valence-electron chi connectivity index (χ1n) is 5.67. The Balaban J connectivity index is 2.02. The van der Waals surface area contributed by atoms with Crippen molar-refractivity contribution in [3.63, 3.8) is 0 Å². The van der Waals surface area contributed by atoms with E-state index >= 15 is 0 Å². The van der Waals surface area contributed by atoms with Crippen LogP contribution in [0.5, 0.6) is 0 Å². The van der Waals surface area contributed by atoms with Crippen LogP contribution < -0.4 is 5.32 Å². The minimum absolute atomic E-state index is 0.652. The molecule has 0 fully saturated rings. The van der Waals surface area contributed by atoms with Gasteiger partial charge in [0.1, 0.15) is 10.1 Å². The number of thiazole rings is 1. The molecule has 0 aliphatic carbocycles. The van der Waals surface area contributed by atoms with Gasteiger partial charge in [-0.1, -0.05) is 11.6 Å². The van der Waals surface area contributed by atoms with Gasteiger partial charge in [-0.15, -0.1) is 11.3 Å². The molecular weight excluding hydrogens is 300 g/mol. The molecular formula is C12H11ClN4S2. The second kappa shape index (κ2) is 5.50. The minimum Gasteiger partial charge on any atom is -0.314 e. The third-order valence-corrected chi connectivity index (χ3v) is 4.80. The van der Waals surface area contributed by atoms with Gasteiger partial charge in [0.05, 0.1) is 10.7 Å². The topological polar surface area (TPSA) is 42.2 Å². The number of rotatable bonds is 4. The van der Waals surface area contributed by atoms with Gasteiger partial charge < -0.3 is 5.32 Å². The average Bonchev–Trinajstić information content (AvgIpc) is 2.96. The third-order valence-electron chi connectivity index (χ3n) is 2.59. The highest BCUT2D eigenvalue weighted by molar-refractivity contribution is 7.99. The SMILES string of the molecule is CNCc1c(Sc2ncccc2Cl)nc2sccn12. The van der Waals surface area contributed by atoms with Crippen molar-refractivity contribution in [1.82, 2.24) is 19.7 Å². The molecule has 0 aliphatic rings. The summed E-state index contributed by atoms with van der Waals surface area (Å²) in [4.78, 5) is 9.91. The van der Waals surface area contributed by atoms with Gasteiger partial charge >= 0.3 is 0 Å². The van der Waals surface area contributed by atoms with Gasteiger partial charge in [0.15, 0.2) is 4.96 Å². The van der Waals surface area contributed by atoms with Crippen molar-refractivity contribution in [3.05, 3.63) is 40.6 Å². The van der Waals surface area contributed by atoms with E-state index in [4.69, 9.17) is 11.6 Å². The van der Waals surface area contributed by atoms with Crippen molar-refractivity contribution in [2.75, 3.05) is 7.05 Å². The smallest absolute Gasteiger partial charge is 0.194 e. The Hall–Kier alpha value is -1.08. The number of hydrogen-bond donors (Lipinski definition) is 1. The normalized spacial score (nSPS) is 11.3. The van der Waals surface area contributed by atoms with E-state index in [0.717, 1.165) is 27.3 Å². The molecule has 0 bridgehead atoms. The van der Waals surface area contributed by atoms with Crippen LogP contribution in [0.2, 0.25) is 5.02 Å². The quantitative estimate of drug-likeness (QED) is 0.803. The summed E-state index contributed by atoms with van der Waals surface area (Å²) < 4.78 is 2.10. The largest absolute Gasteiger partial charge is 0.314 e. The molecule has 0 saturated carbocycles. The molecule has 3 aromatic heterocycles. The molecule has 1 N–H and O–H groups in total. The van der Waals surface area contributed by atoms with Gasteiger partial charge in [0.25, 0.3) is 0 Å². The summed E-state index contributed by atoms with van der Waals surface area (Å²) in [6.45, 7) is 0.755. The molecule has 4 nitrogen and oxygen atoms in total. The molecule has 7 heteroatoms. The predicted molar refractivity (Wildman–Crippen MR) is 79.2 cm³/mol. The van der Waals surface area contributed by atoms with E-state index < -0.39 is 0 Å².